The largest absolute Gasteiger partial charge is 0.396 e. The molecule has 4 fully saturated rings. The van der Waals surface area contributed by atoms with Gasteiger partial charge in [0.1, 0.15) is 41.7 Å². The molecule has 0 amide bonds. The maximum Gasteiger partial charge on any atom is 0.353 e. The van der Waals surface area contributed by atoms with Crippen molar-refractivity contribution in [3.63, 3.8) is 0 Å². The quantitative estimate of drug-likeness (QED) is 0.182. The Kier molecular flexibility index (Phi) is 13.4. The minimum absolute atomic E-state index is 0.0290. The van der Waals surface area contributed by atoms with Crippen molar-refractivity contribution in [3.05, 3.63) is 0 Å². The van der Waals surface area contributed by atoms with Crippen LogP contribution in [0.15, 0.2) is 0 Å². The zero-order valence-electron chi connectivity index (χ0n) is 35.2. The fraction of sp³-hybridized carbons (Fsp3) is 0.950. The van der Waals surface area contributed by atoms with E-state index in [0.717, 1.165) is 25.7 Å². The summed E-state index contributed by atoms with van der Waals surface area (Å²) in [6.45, 7) is 21.1. The highest BCUT2D eigenvalue weighted by atomic mass is 16.7. The molecule has 0 saturated carbocycles. The van der Waals surface area contributed by atoms with E-state index in [1.165, 1.54) is 0 Å². The van der Waals surface area contributed by atoms with Crippen molar-refractivity contribution < 1.29 is 53.8 Å². The second-order valence-corrected chi connectivity index (χ2v) is 19.1. The number of hydrogen-bond donors (Lipinski definition) is 7. The molecule has 0 aromatic carbocycles. The van der Waals surface area contributed by atoms with Crippen LogP contribution < -0.4 is 5.73 Å². The number of aliphatic hydroxyl groups is 5. The number of nitrogens with two attached hydrogens (primary N) is 1. The van der Waals surface area contributed by atoms with Gasteiger partial charge < -0.3 is 54.1 Å². The number of ether oxygens (including phenoxy) is 5. The molecule has 15 heteroatoms. The number of unbranched alkanes of at least 4 members (excludes halogenated alkanes) is 2. The van der Waals surface area contributed by atoms with Crippen molar-refractivity contribution in [2.75, 3.05) is 59.2 Å². The van der Waals surface area contributed by atoms with Crippen LogP contribution in [0, 0.1) is 34.0 Å². The van der Waals surface area contributed by atoms with Crippen LogP contribution in [0.2, 0.25) is 0 Å². The summed E-state index contributed by atoms with van der Waals surface area (Å²) in [6, 6.07) is 0. The van der Waals surface area contributed by atoms with E-state index >= 15 is 0 Å². The van der Waals surface area contributed by atoms with Crippen molar-refractivity contribution in [3.8, 4) is 0 Å². The van der Waals surface area contributed by atoms with Crippen LogP contribution in [0.25, 0.3) is 0 Å². The zero-order valence-corrected chi connectivity index (χ0v) is 35.2. The lowest BCUT2D eigenvalue weighted by atomic mass is 9.63. The molecule has 0 radical (unpaired) electrons. The van der Waals surface area contributed by atoms with Crippen molar-refractivity contribution in [2.24, 2.45) is 34.3 Å². The van der Waals surface area contributed by atoms with Crippen LogP contribution in [-0.4, -0.2) is 171 Å². The normalized spacial score (nSPS) is 44.1. The Morgan fingerprint density at radius 3 is 2.11 bits per heavy atom. The first-order valence-corrected chi connectivity index (χ1v) is 20.7. The first-order valence-electron chi connectivity index (χ1n) is 20.7. The third-order valence-electron chi connectivity index (χ3n) is 14.0. The van der Waals surface area contributed by atoms with Gasteiger partial charge in [-0.15, -0.1) is 0 Å². The highest BCUT2D eigenvalue weighted by molar-refractivity contribution is 5.94. The molecule has 5 rings (SSSR count). The molecule has 13 unspecified atom stereocenters. The molecule has 0 spiro atoms. The average Bonchev–Trinajstić information content (AvgIpc) is 3.11. The van der Waals surface area contributed by atoms with E-state index in [1.807, 2.05) is 64.9 Å². The molecule has 13 atom stereocenters. The molecular weight excluding hydrogens is 710 g/mol. The third kappa shape index (κ3) is 8.18. The van der Waals surface area contributed by atoms with Gasteiger partial charge in [-0.2, -0.15) is 4.90 Å². The molecule has 0 aromatic heterocycles. The standard InChI is InChI=1S/C40H73N5O10/c1-11-13-15-43-21-38(8)25(17-46)24(3)29(47)26(53-38)18-51-20-28-36(4,5)30(48)27-19-52-33-37(6,7)31(49)32(50)55-40(33,10)22-44(16-14-12-2)35(42)45(34(43)41)23-39(28,9)54-27/h24-33,41-42,46-50H,11-23H2,1-10H3/p+1. The Morgan fingerprint density at radius 2 is 1.47 bits per heavy atom. The molecule has 5 aliphatic heterocycles. The zero-order chi connectivity index (χ0) is 40.9. The van der Waals surface area contributed by atoms with E-state index in [4.69, 9.17) is 29.4 Å². The predicted octanol–water partition coefficient (Wildman–Crippen LogP) is 1.30. The SMILES string of the molecule is CCCCN1CC2(C)OC(O)C(O)C(C)(C)C2OCC2OC3(C)CN(C1=N)C(N)=[N+](CCCC)CC1(C)OC(COCC3C(C)(C)C2O)C(O)C(C)C1CO. The van der Waals surface area contributed by atoms with E-state index in [-0.39, 0.29) is 57.9 Å². The summed E-state index contributed by atoms with van der Waals surface area (Å²) < 4.78 is 35.3. The van der Waals surface area contributed by atoms with Gasteiger partial charge in [0, 0.05) is 35.8 Å². The highest BCUT2D eigenvalue weighted by Gasteiger charge is 2.62. The van der Waals surface area contributed by atoms with Gasteiger partial charge in [0.25, 0.3) is 5.96 Å². The molecule has 318 valence electrons. The fourth-order valence-electron chi connectivity index (χ4n) is 10.5. The predicted molar refractivity (Wildman–Crippen MR) is 206 cm³/mol. The minimum Gasteiger partial charge on any atom is -0.396 e. The second kappa shape index (κ2) is 16.5. The summed E-state index contributed by atoms with van der Waals surface area (Å²) in [7, 11) is 0. The minimum atomic E-state index is -1.50. The lowest BCUT2D eigenvalue weighted by molar-refractivity contribution is -0.557. The summed E-state index contributed by atoms with van der Waals surface area (Å²) >= 11 is 0. The summed E-state index contributed by atoms with van der Waals surface area (Å²) in [6.07, 6.45) is -3.67. The number of nitrogens with zero attached hydrogens (tertiary/aromatic N) is 3. The van der Waals surface area contributed by atoms with Crippen LogP contribution in [0.4, 0.5) is 0 Å². The number of fused-ring (bicyclic) bond motifs is 5. The van der Waals surface area contributed by atoms with Gasteiger partial charge in [0.2, 0.25) is 0 Å². The van der Waals surface area contributed by atoms with Crippen LogP contribution in [0.5, 0.6) is 0 Å². The highest BCUT2D eigenvalue weighted by Crippen LogP contribution is 2.50. The second-order valence-electron chi connectivity index (χ2n) is 19.1. The molecular formula is C40H74N5O10+. The summed E-state index contributed by atoms with van der Waals surface area (Å²) in [5, 5.41) is 66.8. The smallest absolute Gasteiger partial charge is 0.353 e. The number of nitrogens with one attached hydrogen (secondary N) is 1. The third-order valence-corrected chi connectivity index (χ3v) is 14.0. The average molecular weight is 785 g/mol. The lowest BCUT2D eigenvalue weighted by Gasteiger charge is -2.58. The summed E-state index contributed by atoms with van der Waals surface area (Å²) in [4.78, 5) is 3.72. The van der Waals surface area contributed by atoms with Crippen molar-refractivity contribution in [1.82, 2.24) is 9.80 Å². The molecule has 8 N–H and O–H groups in total. The Morgan fingerprint density at radius 1 is 0.818 bits per heavy atom. The number of aliphatic hydroxyl groups excluding tert-OH is 5. The van der Waals surface area contributed by atoms with Crippen LogP contribution in [-0.2, 0) is 23.7 Å². The molecule has 5 heterocycles. The van der Waals surface area contributed by atoms with E-state index in [0.29, 0.717) is 19.0 Å². The Balaban J connectivity index is 1.76. The Bertz CT molecular complexity index is 1390. The maximum atomic E-state index is 12.1. The van der Waals surface area contributed by atoms with Gasteiger partial charge in [0.15, 0.2) is 6.29 Å². The van der Waals surface area contributed by atoms with Crippen molar-refractivity contribution >= 4 is 11.9 Å². The van der Waals surface area contributed by atoms with Gasteiger partial charge in [0.05, 0.1) is 57.8 Å². The summed E-state index contributed by atoms with van der Waals surface area (Å²) in [5.41, 5.74) is 2.35. The van der Waals surface area contributed by atoms with Gasteiger partial charge >= 0.3 is 5.96 Å². The summed E-state index contributed by atoms with van der Waals surface area (Å²) in [5.74, 6) is -0.753. The molecule has 55 heavy (non-hydrogen) atoms. The number of rotatable bonds is 7. The van der Waals surface area contributed by atoms with E-state index < -0.39 is 82.4 Å². The van der Waals surface area contributed by atoms with Crippen LogP contribution in [0.3, 0.4) is 0 Å². The Labute approximate surface area is 328 Å². The number of hydrogen-bond acceptors (Lipinski definition) is 12. The first kappa shape index (κ1) is 44.4. The molecule has 15 nitrogen and oxygen atoms in total. The van der Waals surface area contributed by atoms with Gasteiger partial charge in [-0.05, 0) is 39.5 Å². The lowest BCUT2D eigenvalue weighted by Crippen LogP contribution is -2.72. The fourth-order valence-corrected chi connectivity index (χ4v) is 10.5. The van der Waals surface area contributed by atoms with E-state index in [9.17, 15) is 30.9 Å². The maximum absolute atomic E-state index is 12.1. The van der Waals surface area contributed by atoms with Gasteiger partial charge in [-0.3, -0.25) is 15.7 Å². The number of guanidine groups is 2. The molecule has 0 aromatic rings. The van der Waals surface area contributed by atoms with Gasteiger partial charge in [-0.25, -0.2) is 0 Å². The topological polar surface area (TPSA) is 207 Å². The van der Waals surface area contributed by atoms with E-state index in [2.05, 4.69) is 13.8 Å². The molecule has 4 saturated heterocycles. The van der Waals surface area contributed by atoms with Crippen LogP contribution >= 0.6 is 0 Å². The van der Waals surface area contributed by atoms with Crippen molar-refractivity contribution in [1.29, 1.82) is 5.41 Å². The van der Waals surface area contributed by atoms with E-state index in [1.54, 1.807) is 4.90 Å². The monoisotopic (exact) mass is 785 g/mol. The molecule has 0 aliphatic carbocycles. The first-order chi connectivity index (χ1) is 25.6. The molecule has 5 aliphatic rings. The molecule has 5 bridgehead atoms. The van der Waals surface area contributed by atoms with Gasteiger partial charge in [-0.1, -0.05) is 61.3 Å². The van der Waals surface area contributed by atoms with Crippen molar-refractivity contribution in [2.45, 2.75) is 155 Å². The Hall–Kier alpha value is -1.66. The van der Waals surface area contributed by atoms with Crippen LogP contribution in [0.1, 0.15) is 94.9 Å².